The molecule has 8 nitrogen and oxygen atoms in total. The summed E-state index contributed by atoms with van der Waals surface area (Å²) in [5.74, 6) is -0.210. The molecule has 0 aromatic heterocycles. The second kappa shape index (κ2) is 44.2. The van der Waals surface area contributed by atoms with Gasteiger partial charge in [0, 0.05) is 6.42 Å². The van der Waals surface area contributed by atoms with Crippen LogP contribution in [0.1, 0.15) is 206 Å². The Labute approximate surface area is 383 Å². The molecular formula is C53H98N2O6P+. The van der Waals surface area contributed by atoms with Gasteiger partial charge in [-0.1, -0.05) is 209 Å². The zero-order valence-corrected chi connectivity index (χ0v) is 41.7. The van der Waals surface area contributed by atoms with Crippen LogP contribution in [-0.4, -0.2) is 73.4 Å². The Bertz CT molecular complexity index is 1240. The van der Waals surface area contributed by atoms with Crippen LogP contribution in [0.15, 0.2) is 72.9 Å². The molecule has 0 aliphatic heterocycles. The summed E-state index contributed by atoms with van der Waals surface area (Å²) < 4.78 is 23.6. The van der Waals surface area contributed by atoms with Gasteiger partial charge in [-0.25, -0.2) is 4.57 Å². The van der Waals surface area contributed by atoms with Gasteiger partial charge in [-0.3, -0.25) is 13.8 Å². The van der Waals surface area contributed by atoms with E-state index in [1.807, 2.05) is 27.2 Å². The number of nitrogens with one attached hydrogen (secondary N) is 1. The molecule has 0 bridgehead atoms. The van der Waals surface area contributed by atoms with Crippen molar-refractivity contribution in [2.45, 2.75) is 219 Å². The number of likely N-dealkylation sites (N-methyl/N-ethyl adjacent to an activating group) is 1. The van der Waals surface area contributed by atoms with Crippen molar-refractivity contribution in [2.75, 3.05) is 40.9 Å². The van der Waals surface area contributed by atoms with Crippen molar-refractivity contribution < 1.29 is 32.9 Å². The number of hydrogen-bond donors (Lipinski definition) is 3. The number of aliphatic hydroxyl groups is 1. The highest BCUT2D eigenvalue weighted by molar-refractivity contribution is 7.47. The number of unbranched alkanes of at least 4 members (excludes halogenated alkanes) is 22. The smallest absolute Gasteiger partial charge is 0.387 e. The average molecular weight is 890 g/mol. The lowest BCUT2D eigenvalue weighted by atomic mass is 10.0. The number of phosphoric acid groups is 1. The first-order valence-corrected chi connectivity index (χ1v) is 26.8. The summed E-state index contributed by atoms with van der Waals surface area (Å²) in [6, 6.07) is -0.868. The molecule has 0 heterocycles. The molecule has 9 heteroatoms. The number of allylic oxidation sites excluding steroid dienone is 11. The van der Waals surface area contributed by atoms with Crippen LogP contribution in [0.25, 0.3) is 0 Å². The summed E-state index contributed by atoms with van der Waals surface area (Å²) >= 11 is 0. The maximum atomic E-state index is 12.9. The van der Waals surface area contributed by atoms with Gasteiger partial charge in [-0.05, 0) is 64.2 Å². The monoisotopic (exact) mass is 890 g/mol. The van der Waals surface area contributed by atoms with Crippen LogP contribution < -0.4 is 5.32 Å². The maximum Gasteiger partial charge on any atom is 0.472 e. The molecule has 3 atom stereocenters. The van der Waals surface area contributed by atoms with E-state index in [1.54, 1.807) is 6.08 Å². The minimum absolute atomic E-state index is 0.0514. The summed E-state index contributed by atoms with van der Waals surface area (Å²) in [4.78, 5) is 23.2. The van der Waals surface area contributed by atoms with Gasteiger partial charge >= 0.3 is 7.82 Å². The fourth-order valence-electron chi connectivity index (χ4n) is 6.95. The van der Waals surface area contributed by atoms with Crippen molar-refractivity contribution in [3.63, 3.8) is 0 Å². The van der Waals surface area contributed by atoms with E-state index in [9.17, 15) is 19.4 Å². The van der Waals surface area contributed by atoms with Crippen LogP contribution in [0, 0.1) is 0 Å². The van der Waals surface area contributed by atoms with Crippen LogP contribution in [0.4, 0.5) is 0 Å². The first-order chi connectivity index (χ1) is 30.0. The topological polar surface area (TPSA) is 105 Å². The van der Waals surface area contributed by atoms with Gasteiger partial charge in [-0.15, -0.1) is 0 Å². The summed E-state index contributed by atoms with van der Waals surface area (Å²) in [7, 11) is 1.54. The van der Waals surface area contributed by atoms with E-state index in [0.717, 1.165) is 77.0 Å². The number of rotatable bonds is 45. The Morgan fingerprint density at radius 1 is 0.565 bits per heavy atom. The van der Waals surface area contributed by atoms with Crippen LogP contribution in [0.3, 0.4) is 0 Å². The van der Waals surface area contributed by atoms with E-state index in [1.165, 1.54) is 109 Å². The SMILES string of the molecule is CC/C=C\C/C=C\C/C=C\C/C=C\C/C=C\CCCCCC(=O)NC(COP(=O)(O)OCC[N+](C)(C)C)C(O)/C=C/CCCCCCCCCCCCCCCCCCCCC. The van der Waals surface area contributed by atoms with E-state index in [4.69, 9.17) is 9.05 Å². The number of phosphoric ester groups is 1. The normalized spacial score (nSPS) is 14.8. The molecule has 0 aromatic carbocycles. The molecule has 0 radical (unpaired) electrons. The van der Waals surface area contributed by atoms with Crippen LogP contribution in [0.5, 0.6) is 0 Å². The number of hydrogen-bond acceptors (Lipinski definition) is 5. The Morgan fingerprint density at radius 3 is 1.42 bits per heavy atom. The lowest BCUT2D eigenvalue weighted by Gasteiger charge is -2.25. The standard InChI is InChI=1S/C53H97N2O6P/c1-6-8-10-12-14-16-18-20-22-24-26-27-29-30-32-34-36-38-40-42-44-46-52(56)51(50-61-62(58,59)60-49-48-55(3,4)5)54-53(57)47-45-43-41-39-37-35-33-31-28-25-23-21-19-17-15-13-11-9-7-2/h9,11,15,17,21,23,28,31,35,37,44,46,51-52,56H,6-8,10,12-14,16,18-20,22,24-27,29-30,32-34,36,38-43,45,47-50H2,1-5H3,(H-,54,57,58,59)/p+1/b11-9-,17-15-,23-21-,31-28-,37-35-,46-44+. The van der Waals surface area contributed by atoms with Gasteiger partial charge in [0.2, 0.25) is 5.91 Å². The summed E-state index contributed by atoms with van der Waals surface area (Å²) in [6.45, 7) is 4.68. The molecular weight excluding hydrogens is 792 g/mol. The Balaban J connectivity index is 4.40. The van der Waals surface area contributed by atoms with Gasteiger partial charge in [0.05, 0.1) is 39.9 Å². The molecule has 0 fully saturated rings. The predicted octanol–water partition coefficient (Wildman–Crippen LogP) is 14.8. The van der Waals surface area contributed by atoms with Crippen molar-refractivity contribution in [3.8, 4) is 0 Å². The molecule has 0 saturated carbocycles. The Hall–Kier alpha value is -2.06. The number of carbonyl (C=O) groups excluding carboxylic acids is 1. The third kappa shape index (κ3) is 45.9. The molecule has 360 valence electrons. The van der Waals surface area contributed by atoms with E-state index in [2.05, 4.69) is 79.9 Å². The van der Waals surface area contributed by atoms with Gasteiger partial charge in [0.1, 0.15) is 13.2 Å². The van der Waals surface area contributed by atoms with Gasteiger partial charge in [0.25, 0.3) is 0 Å². The number of quaternary nitrogens is 1. The Kier molecular flexibility index (Phi) is 42.7. The lowest BCUT2D eigenvalue weighted by Crippen LogP contribution is -2.45. The van der Waals surface area contributed by atoms with Crippen molar-refractivity contribution in [1.29, 1.82) is 0 Å². The van der Waals surface area contributed by atoms with Crippen molar-refractivity contribution >= 4 is 13.7 Å². The van der Waals surface area contributed by atoms with E-state index in [-0.39, 0.29) is 19.1 Å². The average Bonchev–Trinajstić information content (AvgIpc) is 3.23. The fourth-order valence-corrected chi connectivity index (χ4v) is 7.69. The first kappa shape index (κ1) is 59.9. The highest BCUT2D eigenvalue weighted by atomic mass is 31.2. The lowest BCUT2D eigenvalue weighted by molar-refractivity contribution is -0.870. The fraction of sp³-hybridized carbons (Fsp3) is 0.755. The molecule has 0 aliphatic carbocycles. The molecule has 0 aliphatic rings. The van der Waals surface area contributed by atoms with E-state index in [0.29, 0.717) is 17.4 Å². The number of aliphatic hydroxyl groups excluding tert-OH is 1. The predicted molar refractivity (Wildman–Crippen MR) is 267 cm³/mol. The molecule has 3 unspecified atom stereocenters. The number of amides is 1. The number of nitrogens with zero attached hydrogens (tertiary/aromatic N) is 1. The van der Waals surface area contributed by atoms with Gasteiger partial charge in [0.15, 0.2) is 0 Å². The minimum Gasteiger partial charge on any atom is -0.387 e. The third-order valence-corrected chi connectivity index (χ3v) is 11.9. The van der Waals surface area contributed by atoms with Crippen LogP contribution in [-0.2, 0) is 18.4 Å². The summed E-state index contributed by atoms with van der Waals surface area (Å²) in [6.07, 6.45) is 59.8. The molecule has 0 saturated heterocycles. The third-order valence-electron chi connectivity index (χ3n) is 10.9. The van der Waals surface area contributed by atoms with Crippen LogP contribution >= 0.6 is 7.82 Å². The zero-order valence-electron chi connectivity index (χ0n) is 40.8. The first-order valence-electron chi connectivity index (χ1n) is 25.3. The zero-order chi connectivity index (χ0) is 45.7. The number of carbonyl (C=O) groups is 1. The second-order valence-electron chi connectivity index (χ2n) is 18.2. The highest BCUT2D eigenvalue weighted by Gasteiger charge is 2.27. The van der Waals surface area contributed by atoms with E-state index < -0.39 is 20.0 Å². The summed E-state index contributed by atoms with van der Waals surface area (Å²) in [5.41, 5.74) is 0. The molecule has 3 N–H and O–H groups in total. The quantitative estimate of drug-likeness (QED) is 0.0243. The van der Waals surface area contributed by atoms with Crippen molar-refractivity contribution in [1.82, 2.24) is 5.32 Å². The molecule has 62 heavy (non-hydrogen) atoms. The second-order valence-corrected chi connectivity index (χ2v) is 19.6. The maximum absolute atomic E-state index is 12.9. The largest absolute Gasteiger partial charge is 0.472 e. The molecule has 0 rings (SSSR count). The van der Waals surface area contributed by atoms with Gasteiger partial charge in [-0.2, -0.15) is 0 Å². The minimum atomic E-state index is -4.36. The van der Waals surface area contributed by atoms with E-state index >= 15 is 0 Å². The molecule has 0 aromatic rings. The highest BCUT2D eigenvalue weighted by Crippen LogP contribution is 2.43. The molecule has 0 spiro atoms. The van der Waals surface area contributed by atoms with Crippen molar-refractivity contribution in [3.05, 3.63) is 72.9 Å². The van der Waals surface area contributed by atoms with Crippen molar-refractivity contribution in [2.24, 2.45) is 0 Å². The van der Waals surface area contributed by atoms with Crippen LogP contribution in [0.2, 0.25) is 0 Å². The molecule has 1 amide bonds. The Morgan fingerprint density at radius 2 is 0.968 bits per heavy atom. The van der Waals surface area contributed by atoms with Gasteiger partial charge < -0.3 is 19.8 Å². The summed E-state index contributed by atoms with van der Waals surface area (Å²) in [5, 5.41) is 13.9.